The van der Waals surface area contributed by atoms with Gasteiger partial charge in [0.15, 0.2) is 18.1 Å². The van der Waals surface area contributed by atoms with Gasteiger partial charge in [-0.15, -0.1) is 11.8 Å². The molecule has 2 aliphatic carbocycles. The van der Waals surface area contributed by atoms with E-state index < -0.39 is 42.1 Å². The Morgan fingerprint density at radius 2 is 1.70 bits per heavy atom. The highest BCUT2D eigenvalue weighted by Crippen LogP contribution is 2.69. The van der Waals surface area contributed by atoms with E-state index in [0.29, 0.717) is 23.4 Å². The van der Waals surface area contributed by atoms with Crippen molar-refractivity contribution < 1.29 is 46.6 Å². The largest absolute Gasteiger partial charge is 0.493 e. The Bertz CT molecular complexity index is 2240. The molecule has 4 aliphatic rings. The van der Waals surface area contributed by atoms with Crippen LogP contribution in [0.2, 0.25) is 0 Å². The van der Waals surface area contributed by atoms with Crippen molar-refractivity contribution in [3.05, 3.63) is 98.0 Å². The number of ether oxygens (including phenoxy) is 3. The maximum atomic E-state index is 14.2. The van der Waals surface area contributed by atoms with Crippen LogP contribution in [0.3, 0.4) is 0 Å². The standard InChI is InChI=1S/C38H32F3N3O8S2/c1-3-51-36(48)17-7-10-21(11-8-17)44-34(46)29-22-15-23(30(29)35(44)47)31-28(22)27(32-33(53-31)43-37(49)54-32)18-9-12-24(25(13-18)50-2)52-16-26(45)42-20-6-4-5-19(14-20)38(39,40)41/h4-14,22-23,27-31H,3,15-16H2,1-2H3,(H,42,45)(H,43,49)/t22-,23-,27-,28?,29?,30?,31?/m1/s1. The quantitative estimate of drug-likeness (QED) is 0.147. The lowest BCUT2D eigenvalue weighted by Crippen LogP contribution is -2.42. The summed E-state index contributed by atoms with van der Waals surface area (Å²) in [7, 11) is 1.44. The van der Waals surface area contributed by atoms with Crippen molar-refractivity contribution >= 4 is 58.2 Å². The third kappa shape index (κ3) is 6.04. The Morgan fingerprint density at radius 1 is 0.963 bits per heavy atom. The SMILES string of the molecule is CCOC(=O)c1ccc(N2C(=O)C3C(C2=O)[C@@H]2C[C@H]3C3Sc4[nH]c(=O)sc4[C@H](c4ccc(OCC(=O)Nc5cccc(C(F)(F)F)c5)c(OC)c4)C32)cc1. The number of thioether (sulfide) groups is 1. The predicted octanol–water partition coefficient (Wildman–Crippen LogP) is 6.34. The Labute approximate surface area is 314 Å². The second kappa shape index (κ2) is 13.6. The molecule has 11 nitrogen and oxygen atoms in total. The molecule has 54 heavy (non-hydrogen) atoms. The van der Waals surface area contributed by atoms with Crippen LogP contribution in [0.1, 0.15) is 45.6 Å². The van der Waals surface area contributed by atoms with Gasteiger partial charge in [-0.2, -0.15) is 13.2 Å². The zero-order valence-electron chi connectivity index (χ0n) is 28.7. The topological polar surface area (TPSA) is 144 Å². The zero-order chi connectivity index (χ0) is 38.1. The molecule has 3 amide bonds. The molecule has 1 saturated heterocycles. The van der Waals surface area contributed by atoms with E-state index in [0.717, 1.165) is 38.9 Å². The number of alkyl halides is 3. The first kappa shape index (κ1) is 35.9. The molecule has 0 radical (unpaired) electrons. The molecular formula is C38H32F3N3O8S2. The number of carbonyl (C=O) groups excluding carboxylic acids is 4. The van der Waals surface area contributed by atoms with Crippen LogP contribution in [-0.4, -0.2) is 54.2 Å². The van der Waals surface area contributed by atoms with E-state index in [4.69, 9.17) is 14.2 Å². The number of hydrogen-bond acceptors (Lipinski definition) is 10. The second-order valence-electron chi connectivity index (χ2n) is 13.6. The summed E-state index contributed by atoms with van der Waals surface area (Å²) in [4.78, 5) is 70.6. The summed E-state index contributed by atoms with van der Waals surface area (Å²) < 4.78 is 55.9. The second-order valence-corrected chi connectivity index (χ2v) is 15.8. The number of fused-ring (bicyclic) bond motifs is 9. The van der Waals surface area contributed by atoms with Gasteiger partial charge in [-0.25, -0.2) is 4.79 Å². The zero-order valence-corrected chi connectivity index (χ0v) is 30.3. The highest BCUT2D eigenvalue weighted by Gasteiger charge is 2.69. The van der Waals surface area contributed by atoms with Gasteiger partial charge in [0.25, 0.3) is 5.91 Å². The lowest BCUT2D eigenvalue weighted by Gasteiger charge is -2.43. The van der Waals surface area contributed by atoms with E-state index in [1.807, 2.05) is 6.07 Å². The first-order valence-corrected chi connectivity index (χ1v) is 18.9. The Hall–Kier alpha value is -5.09. The molecule has 4 aromatic rings. The summed E-state index contributed by atoms with van der Waals surface area (Å²) in [6, 6.07) is 15.8. The lowest BCUT2D eigenvalue weighted by molar-refractivity contribution is -0.137. The predicted molar refractivity (Wildman–Crippen MR) is 192 cm³/mol. The minimum Gasteiger partial charge on any atom is -0.493 e. The number of benzene rings is 3. The Morgan fingerprint density at radius 3 is 2.41 bits per heavy atom. The molecule has 1 aromatic heterocycles. The van der Waals surface area contributed by atoms with Crippen molar-refractivity contribution in [1.29, 1.82) is 0 Å². The van der Waals surface area contributed by atoms with E-state index in [1.54, 1.807) is 55.1 Å². The van der Waals surface area contributed by atoms with Crippen LogP contribution in [0, 0.1) is 29.6 Å². The van der Waals surface area contributed by atoms with E-state index in [1.165, 1.54) is 24.1 Å². The summed E-state index contributed by atoms with van der Waals surface area (Å²) in [5.74, 6) is -2.95. The smallest absolute Gasteiger partial charge is 0.416 e. The molecule has 2 N–H and O–H groups in total. The van der Waals surface area contributed by atoms with Crippen LogP contribution in [0.4, 0.5) is 24.5 Å². The molecule has 8 rings (SSSR count). The van der Waals surface area contributed by atoms with Crippen LogP contribution >= 0.6 is 23.1 Å². The molecule has 3 fully saturated rings. The number of amides is 3. The van der Waals surface area contributed by atoms with Crippen LogP contribution < -0.4 is 24.6 Å². The summed E-state index contributed by atoms with van der Waals surface area (Å²) in [6.07, 6.45) is -3.88. The van der Waals surface area contributed by atoms with Gasteiger partial charge in [0, 0.05) is 21.7 Å². The van der Waals surface area contributed by atoms with Crippen molar-refractivity contribution in [2.75, 3.05) is 30.5 Å². The number of halogens is 3. The van der Waals surface area contributed by atoms with Gasteiger partial charge in [-0.05, 0) is 91.3 Å². The summed E-state index contributed by atoms with van der Waals surface area (Å²) in [5.41, 5.74) is 0.581. The third-order valence-electron chi connectivity index (χ3n) is 10.7. The fourth-order valence-electron chi connectivity index (χ4n) is 8.72. The van der Waals surface area contributed by atoms with Gasteiger partial charge in [0.2, 0.25) is 11.8 Å². The number of aromatic nitrogens is 1. The molecule has 7 atom stereocenters. The number of H-pyrrole nitrogens is 1. The number of anilines is 2. The molecule has 4 unspecified atom stereocenters. The van der Waals surface area contributed by atoms with Crippen LogP contribution in [0.25, 0.3) is 0 Å². The number of nitrogens with zero attached hydrogens (tertiary/aromatic N) is 1. The maximum absolute atomic E-state index is 14.2. The highest BCUT2D eigenvalue weighted by atomic mass is 32.2. The number of rotatable bonds is 9. The number of hydrogen-bond donors (Lipinski definition) is 2. The van der Waals surface area contributed by atoms with Crippen molar-refractivity contribution in [1.82, 2.24) is 4.98 Å². The van der Waals surface area contributed by atoms with E-state index in [9.17, 15) is 37.1 Å². The molecule has 3 heterocycles. The minimum absolute atomic E-state index is 0.0302. The third-order valence-corrected chi connectivity index (χ3v) is 13.3. The van der Waals surface area contributed by atoms with E-state index in [2.05, 4.69) is 10.3 Å². The number of nitrogens with one attached hydrogen (secondary N) is 2. The number of esters is 1. The van der Waals surface area contributed by atoms with E-state index >= 15 is 0 Å². The van der Waals surface area contributed by atoms with Gasteiger partial charge < -0.3 is 24.5 Å². The first-order chi connectivity index (χ1) is 25.9. The van der Waals surface area contributed by atoms with Gasteiger partial charge in [-0.1, -0.05) is 23.5 Å². The molecule has 280 valence electrons. The van der Waals surface area contributed by atoms with E-state index in [-0.39, 0.29) is 63.7 Å². The molecule has 0 spiro atoms. The van der Waals surface area contributed by atoms with Crippen molar-refractivity contribution in [3.8, 4) is 11.5 Å². The average molecular weight is 780 g/mol. The van der Waals surface area contributed by atoms with Crippen LogP contribution in [0.15, 0.2) is 76.6 Å². The molecule has 2 aliphatic heterocycles. The molecular weight excluding hydrogens is 748 g/mol. The minimum atomic E-state index is -4.56. The maximum Gasteiger partial charge on any atom is 0.416 e. The number of carbonyl (C=O) groups is 4. The fraction of sp³-hybridized carbons (Fsp3) is 0.342. The number of aromatic amines is 1. The lowest BCUT2D eigenvalue weighted by atomic mass is 9.68. The molecule has 2 bridgehead atoms. The Balaban J connectivity index is 1.05. The van der Waals surface area contributed by atoms with Crippen molar-refractivity contribution in [2.24, 2.45) is 29.6 Å². The fourth-order valence-corrected chi connectivity index (χ4v) is 11.6. The molecule has 3 aromatic carbocycles. The monoisotopic (exact) mass is 779 g/mol. The molecule has 16 heteroatoms. The van der Waals surface area contributed by atoms with Gasteiger partial charge >= 0.3 is 17.0 Å². The highest BCUT2D eigenvalue weighted by molar-refractivity contribution is 8.00. The number of thiazole rings is 1. The summed E-state index contributed by atoms with van der Waals surface area (Å²) >= 11 is 2.66. The summed E-state index contributed by atoms with van der Waals surface area (Å²) in [5, 5.41) is 3.08. The van der Waals surface area contributed by atoms with Gasteiger partial charge in [0.05, 0.1) is 47.4 Å². The molecule has 2 saturated carbocycles. The first-order valence-electron chi connectivity index (χ1n) is 17.2. The van der Waals surface area contributed by atoms with Crippen LogP contribution in [0.5, 0.6) is 11.5 Å². The number of methoxy groups -OCH3 is 1. The number of imide groups is 1. The van der Waals surface area contributed by atoms with Crippen molar-refractivity contribution in [3.63, 3.8) is 0 Å². The van der Waals surface area contributed by atoms with Crippen molar-refractivity contribution in [2.45, 2.75) is 35.7 Å². The van der Waals surface area contributed by atoms with Gasteiger partial charge in [0.1, 0.15) is 0 Å². The normalized spacial score (nSPS) is 25.2. The van der Waals surface area contributed by atoms with Crippen LogP contribution in [-0.2, 0) is 25.3 Å². The van der Waals surface area contributed by atoms with Gasteiger partial charge in [-0.3, -0.25) is 24.1 Å². The summed E-state index contributed by atoms with van der Waals surface area (Å²) in [6.45, 7) is 1.42. The Kier molecular flexibility index (Phi) is 9.07. The average Bonchev–Trinajstić information content (AvgIpc) is 3.89.